The smallest absolute Gasteiger partial charge is 0.244 e. The van der Waals surface area contributed by atoms with Gasteiger partial charge in [-0.3, -0.25) is 0 Å². The highest BCUT2D eigenvalue weighted by molar-refractivity contribution is 9.10. The fraction of sp³-hybridized carbons (Fsp3) is 0.571. The summed E-state index contributed by atoms with van der Waals surface area (Å²) in [6.07, 6.45) is -0.0661. The number of rotatable bonds is 5. The van der Waals surface area contributed by atoms with Gasteiger partial charge in [-0.05, 0) is 31.5 Å². The van der Waals surface area contributed by atoms with Crippen molar-refractivity contribution in [1.82, 2.24) is 4.72 Å². The Morgan fingerprint density at radius 1 is 1.48 bits per heavy atom. The van der Waals surface area contributed by atoms with Gasteiger partial charge in [-0.15, -0.1) is 0 Å². The number of hydrogen-bond acceptors (Lipinski definition) is 4. The van der Waals surface area contributed by atoms with Crippen molar-refractivity contribution in [3.8, 4) is 5.75 Å². The number of hydrogen-bond donors (Lipinski definition) is 2. The summed E-state index contributed by atoms with van der Waals surface area (Å²) in [4.78, 5) is 0.107. The first-order valence-electron chi connectivity index (χ1n) is 6.81. The topological polar surface area (TPSA) is 75.6 Å². The maximum Gasteiger partial charge on any atom is 0.244 e. The van der Waals surface area contributed by atoms with Crippen molar-refractivity contribution in [2.75, 3.05) is 6.61 Å². The Hall–Kier alpha value is -0.630. The maximum atomic E-state index is 12.6. The van der Waals surface area contributed by atoms with Crippen molar-refractivity contribution < 1.29 is 18.3 Å². The molecule has 21 heavy (non-hydrogen) atoms. The lowest BCUT2D eigenvalue weighted by Crippen LogP contribution is -2.61. The molecule has 7 heteroatoms. The number of ether oxygens (including phenoxy) is 1. The van der Waals surface area contributed by atoms with E-state index in [4.69, 9.17) is 4.74 Å². The molecule has 0 aliphatic heterocycles. The summed E-state index contributed by atoms with van der Waals surface area (Å²) in [5.74, 6) is 0.325. The highest BCUT2D eigenvalue weighted by Crippen LogP contribution is 2.41. The molecule has 1 aliphatic rings. The van der Waals surface area contributed by atoms with E-state index in [-0.39, 0.29) is 10.9 Å². The molecule has 0 saturated heterocycles. The number of halogens is 1. The molecule has 0 heterocycles. The molecule has 2 unspecified atom stereocenters. The van der Waals surface area contributed by atoms with E-state index in [9.17, 15) is 13.5 Å². The Morgan fingerprint density at radius 2 is 2.14 bits per heavy atom. The second kappa shape index (κ2) is 5.87. The third kappa shape index (κ3) is 3.26. The summed E-state index contributed by atoms with van der Waals surface area (Å²) in [5, 5.41) is 9.73. The van der Waals surface area contributed by atoms with Gasteiger partial charge in [0, 0.05) is 15.9 Å². The molecular formula is C14H20BrNO4S. The summed E-state index contributed by atoms with van der Waals surface area (Å²) < 4.78 is 33.9. The number of aliphatic hydroxyl groups is 1. The fourth-order valence-electron chi connectivity index (χ4n) is 2.32. The van der Waals surface area contributed by atoms with Crippen LogP contribution in [0.1, 0.15) is 27.2 Å². The molecule has 1 aromatic rings. The molecule has 1 saturated carbocycles. The molecular weight excluding hydrogens is 358 g/mol. The number of aliphatic hydroxyl groups excluding tert-OH is 1. The minimum absolute atomic E-state index is 0.107. The van der Waals surface area contributed by atoms with Crippen LogP contribution in [-0.2, 0) is 10.0 Å². The molecule has 0 aromatic heterocycles. The van der Waals surface area contributed by atoms with Gasteiger partial charge in [0.1, 0.15) is 10.6 Å². The molecule has 5 nitrogen and oxygen atoms in total. The molecule has 0 bridgehead atoms. The zero-order valence-corrected chi connectivity index (χ0v) is 14.7. The molecule has 0 spiro atoms. The molecule has 1 aromatic carbocycles. The van der Waals surface area contributed by atoms with Crippen molar-refractivity contribution in [3.63, 3.8) is 0 Å². The van der Waals surface area contributed by atoms with Gasteiger partial charge in [0.05, 0.1) is 12.7 Å². The van der Waals surface area contributed by atoms with Crippen LogP contribution in [0.4, 0.5) is 0 Å². The zero-order chi connectivity index (χ0) is 15.8. The van der Waals surface area contributed by atoms with Crippen LogP contribution in [0.5, 0.6) is 5.75 Å². The van der Waals surface area contributed by atoms with Gasteiger partial charge in [-0.25, -0.2) is 13.1 Å². The Kier molecular flexibility index (Phi) is 4.68. The molecule has 0 radical (unpaired) electrons. The maximum absolute atomic E-state index is 12.6. The average Bonchev–Trinajstić information content (AvgIpc) is 2.40. The Morgan fingerprint density at radius 3 is 2.67 bits per heavy atom. The van der Waals surface area contributed by atoms with Crippen molar-refractivity contribution >= 4 is 26.0 Å². The van der Waals surface area contributed by atoms with Crippen molar-refractivity contribution in [1.29, 1.82) is 0 Å². The zero-order valence-electron chi connectivity index (χ0n) is 12.3. The van der Waals surface area contributed by atoms with Crippen LogP contribution in [0.2, 0.25) is 0 Å². The first kappa shape index (κ1) is 16.7. The number of sulfonamides is 1. The molecule has 0 amide bonds. The highest BCUT2D eigenvalue weighted by atomic mass is 79.9. The number of nitrogens with one attached hydrogen (secondary N) is 1. The average molecular weight is 378 g/mol. The van der Waals surface area contributed by atoms with Gasteiger partial charge in [0.15, 0.2) is 0 Å². The Bertz CT molecular complexity index is 630. The molecule has 2 N–H and O–H groups in total. The second-order valence-electron chi connectivity index (χ2n) is 5.77. The predicted molar refractivity (Wildman–Crippen MR) is 83.8 cm³/mol. The van der Waals surface area contributed by atoms with Crippen LogP contribution in [0.25, 0.3) is 0 Å². The SMILES string of the molecule is CCOc1ccc(Br)cc1S(=O)(=O)NC1CC(O)C1(C)C. The van der Waals surface area contributed by atoms with E-state index in [1.54, 1.807) is 19.1 Å². The first-order chi connectivity index (χ1) is 9.68. The summed E-state index contributed by atoms with van der Waals surface area (Å²) in [6.45, 7) is 5.88. The van der Waals surface area contributed by atoms with Crippen molar-refractivity contribution in [2.45, 2.75) is 44.2 Å². The van der Waals surface area contributed by atoms with E-state index in [1.165, 1.54) is 6.07 Å². The van der Waals surface area contributed by atoms with E-state index in [0.717, 1.165) is 0 Å². The first-order valence-corrected chi connectivity index (χ1v) is 9.09. The normalized spacial score (nSPS) is 24.4. The summed E-state index contributed by atoms with van der Waals surface area (Å²) in [5.41, 5.74) is -0.467. The van der Waals surface area contributed by atoms with E-state index >= 15 is 0 Å². The lowest BCUT2D eigenvalue weighted by atomic mass is 9.65. The summed E-state index contributed by atoms with van der Waals surface area (Å²) >= 11 is 3.28. The minimum atomic E-state index is -3.71. The van der Waals surface area contributed by atoms with E-state index in [2.05, 4.69) is 20.7 Å². The predicted octanol–water partition coefficient (Wildman–Crippen LogP) is 2.29. The second-order valence-corrected chi connectivity index (χ2v) is 8.37. The number of benzene rings is 1. The van der Waals surface area contributed by atoms with Crippen LogP contribution >= 0.6 is 15.9 Å². The van der Waals surface area contributed by atoms with Crippen LogP contribution in [-0.4, -0.2) is 32.3 Å². The van der Waals surface area contributed by atoms with Crippen molar-refractivity contribution in [3.05, 3.63) is 22.7 Å². The van der Waals surface area contributed by atoms with Gasteiger partial charge in [0.2, 0.25) is 10.0 Å². The van der Waals surface area contributed by atoms with Gasteiger partial charge in [-0.2, -0.15) is 0 Å². The summed E-state index contributed by atoms with van der Waals surface area (Å²) in [6, 6.07) is 4.60. The lowest BCUT2D eigenvalue weighted by molar-refractivity contribution is -0.0645. The lowest BCUT2D eigenvalue weighted by Gasteiger charge is -2.49. The van der Waals surface area contributed by atoms with E-state index < -0.39 is 21.5 Å². The van der Waals surface area contributed by atoms with Crippen LogP contribution in [0, 0.1) is 5.41 Å². The highest BCUT2D eigenvalue weighted by Gasteiger charge is 2.49. The molecule has 1 fully saturated rings. The quantitative estimate of drug-likeness (QED) is 0.825. The van der Waals surface area contributed by atoms with Gasteiger partial charge in [0.25, 0.3) is 0 Å². The van der Waals surface area contributed by atoms with Crippen LogP contribution in [0.3, 0.4) is 0 Å². The van der Waals surface area contributed by atoms with E-state index in [0.29, 0.717) is 23.2 Å². The monoisotopic (exact) mass is 377 g/mol. The van der Waals surface area contributed by atoms with Crippen LogP contribution in [0.15, 0.2) is 27.6 Å². The largest absolute Gasteiger partial charge is 0.492 e. The Balaban J connectivity index is 2.30. The third-order valence-electron chi connectivity index (χ3n) is 4.01. The van der Waals surface area contributed by atoms with Gasteiger partial charge >= 0.3 is 0 Å². The molecule has 2 atom stereocenters. The van der Waals surface area contributed by atoms with Crippen molar-refractivity contribution in [2.24, 2.45) is 5.41 Å². The molecule has 1 aliphatic carbocycles. The summed E-state index contributed by atoms with van der Waals surface area (Å²) in [7, 11) is -3.71. The minimum Gasteiger partial charge on any atom is -0.492 e. The van der Waals surface area contributed by atoms with Gasteiger partial charge < -0.3 is 9.84 Å². The van der Waals surface area contributed by atoms with Crippen LogP contribution < -0.4 is 9.46 Å². The molecule has 118 valence electrons. The Labute approximate surface area is 133 Å². The molecule has 2 rings (SSSR count). The van der Waals surface area contributed by atoms with E-state index in [1.807, 2.05) is 13.8 Å². The standard InChI is InChI=1S/C14H20BrNO4S/c1-4-20-10-6-5-9(15)7-11(10)21(18,19)16-12-8-13(17)14(12,2)3/h5-7,12-13,16-17H,4,8H2,1-3H3. The third-order valence-corrected chi connectivity index (χ3v) is 5.99. The fourth-order valence-corrected chi connectivity index (χ4v) is 4.41. The van der Waals surface area contributed by atoms with Gasteiger partial charge in [-0.1, -0.05) is 29.8 Å².